The monoisotopic (exact) mass is 439 g/mol. The van der Waals surface area contributed by atoms with Crippen LogP contribution in [0.15, 0.2) is 48.8 Å². The van der Waals surface area contributed by atoms with Gasteiger partial charge in [-0.3, -0.25) is 14.6 Å². The van der Waals surface area contributed by atoms with Gasteiger partial charge in [0.05, 0.1) is 5.56 Å². The average molecular weight is 440 g/mol. The minimum atomic E-state index is -0.930. The first kappa shape index (κ1) is 21.0. The predicted octanol–water partition coefficient (Wildman–Crippen LogP) is 4.11. The number of thiophene rings is 1. The van der Waals surface area contributed by atoms with Crippen molar-refractivity contribution in [3.05, 3.63) is 76.2 Å². The molecule has 0 saturated carbocycles. The van der Waals surface area contributed by atoms with Crippen molar-refractivity contribution >= 4 is 28.2 Å². The van der Waals surface area contributed by atoms with E-state index >= 15 is 0 Å². The Morgan fingerprint density at radius 3 is 2.84 bits per heavy atom. The second-order valence-electron chi connectivity index (χ2n) is 7.29. The molecule has 0 spiro atoms. The first-order valence-corrected chi connectivity index (χ1v) is 10.9. The number of anilines is 1. The number of aromatic nitrogens is 1. The van der Waals surface area contributed by atoms with Gasteiger partial charge in [0.2, 0.25) is 0 Å². The van der Waals surface area contributed by atoms with Crippen LogP contribution in [0.1, 0.15) is 39.7 Å². The largest absolute Gasteiger partial charge is 0.478 e. The number of amides is 2. The van der Waals surface area contributed by atoms with Crippen molar-refractivity contribution in [3.8, 4) is 5.75 Å². The molecule has 2 N–H and O–H groups in total. The van der Waals surface area contributed by atoms with E-state index in [2.05, 4.69) is 15.6 Å². The van der Waals surface area contributed by atoms with Gasteiger partial charge in [0, 0.05) is 23.8 Å². The van der Waals surface area contributed by atoms with Gasteiger partial charge in [0.25, 0.3) is 11.8 Å². The van der Waals surface area contributed by atoms with E-state index < -0.39 is 17.8 Å². The van der Waals surface area contributed by atoms with Crippen LogP contribution in [0.3, 0.4) is 0 Å². The maximum atomic E-state index is 13.8. The Balaban J connectivity index is 1.48. The molecule has 0 unspecified atom stereocenters. The third-order valence-corrected chi connectivity index (χ3v) is 6.28. The molecule has 1 aliphatic rings. The van der Waals surface area contributed by atoms with Crippen LogP contribution in [0.25, 0.3) is 0 Å². The zero-order valence-electron chi connectivity index (χ0n) is 17.0. The van der Waals surface area contributed by atoms with Gasteiger partial charge < -0.3 is 15.4 Å². The van der Waals surface area contributed by atoms with Crippen molar-refractivity contribution in [2.45, 2.75) is 38.8 Å². The third kappa shape index (κ3) is 4.74. The van der Waals surface area contributed by atoms with E-state index in [0.717, 1.165) is 35.3 Å². The molecule has 2 aromatic heterocycles. The van der Waals surface area contributed by atoms with E-state index in [1.807, 2.05) is 12.1 Å². The van der Waals surface area contributed by atoms with Crippen LogP contribution in [0.5, 0.6) is 5.75 Å². The van der Waals surface area contributed by atoms with Gasteiger partial charge in [0.1, 0.15) is 5.00 Å². The number of nitrogens with zero attached hydrogens (tertiary/aromatic N) is 1. The summed E-state index contributed by atoms with van der Waals surface area (Å²) in [6.07, 6.45) is 5.13. The molecule has 1 atom stereocenters. The Kier molecular flexibility index (Phi) is 6.27. The van der Waals surface area contributed by atoms with Crippen LogP contribution < -0.4 is 15.4 Å². The number of benzene rings is 1. The fraction of sp³-hybridized carbons (Fsp3) is 0.261. The summed E-state index contributed by atoms with van der Waals surface area (Å²) in [4.78, 5) is 30.9. The minimum absolute atomic E-state index is 0.00765. The number of halogens is 1. The molecule has 1 aliphatic carbocycles. The zero-order chi connectivity index (χ0) is 21.8. The highest BCUT2D eigenvalue weighted by atomic mass is 32.1. The summed E-state index contributed by atoms with van der Waals surface area (Å²) in [6, 6.07) is 9.63. The summed E-state index contributed by atoms with van der Waals surface area (Å²) in [5.74, 6) is -1.20. The summed E-state index contributed by atoms with van der Waals surface area (Å²) < 4.78 is 19.3. The van der Waals surface area contributed by atoms with E-state index in [4.69, 9.17) is 4.74 Å². The average Bonchev–Trinajstić information content (AvgIpc) is 3.35. The molecule has 2 amide bonds. The molecule has 1 aromatic carbocycles. The number of pyridine rings is 1. The summed E-state index contributed by atoms with van der Waals surface area (Å²) in [5, 5.41) is 6.24. The highest BCUT2D eigenvalue weighted by molar-refractivity contribution is 7.17. The first-order chi connectivity index (χ1) is 15.0. The Hall–Kier alpha value is -3.26. The van der Waals surface area contributed by atoms with Crippen molar-refractivity contribution < 1.29 is 18.7 Å². The van der Waals surface area contributed by atoms with Crippen molar-refractivity contribution in [2.75, 3.05) is 5.32 Å². The van der Waals surface area contributed by atoms with Gasteiger partial charge in [-0.05, 0) is 55.5 Å². The Bertz CT molecular complexity index is 1100. The molecule has 0 radical (unpaired) electrons. The first-order valence-electron chi connectivity index (χ1n) is 10.1. The van der Waals surface area contributed by atoms with E-state index in [0.29, 0.717) is 17.1 Å². The molecule has 3 aromatic rings. The lowest BCUT2D eigenvalue weighted by molar-refractivity contribution is -0.122. The summed E-state index contributed by atoms with van der Waals surface area (Å²) >= 11 is 1.42. The second-order valence-corrected chi connectivity index (χ2v) is 8.39. The highest BCUT2D eigenvalue weighted by Gasteiger charge is 2.28. The lowest BCUT2D eigenvalue weighted by Gasteiger charge is -2.15. The minimum Gasteiger partial charge on any atom is -0.478 e. The van der Waals surface area contributed by atoms with Gasteiger partial charge >= 0.3 is 0 Å². The summed E-state index contributed by atoms with van der Waals surface area (Å²) in [5.41, 5.74) is 2.39. The fourth-order valence-electron chi connectivity index (χ4n) is 3.50. The van der Waals surface area contributed by atoms with Crippen LogP contribution >= 0.6 is 11.3 Å². The number of ether oxygens (including phenoxy) is 1. The number of hydrogen-bond donors (Lipinski definition) is 2. The van der Waals surface area contributed by atoms with Crippen molar-refractivity contribution in [1.82, 2.24) is 10.3 Å². The number of fused-ring (bicyclic) bond motifs is 1. The van der Waals surface area contributed by atoms with Crippen LogP contribution in [-0.4, -0.2) is 22.9 Å². The summed E-state index contributed by atoms with van der Waals surface area (Å²) in [7, 11) is 0. The number of hydrogen-bond acceptors (Lipinski definition) is 5. The smallest absolute Gasteiger partial charge is 0.265 e. The lowest BCUT2D eigenvalue weighted by Crippen LogP contribution is -2.31. The lowest BCUT2D eigenvalue weighted by atomic mass is 10.1. The predicted molar refractivity (Wildman–Crippen MR) is 117 cm³/mol. The quantitative estimate of drug-likeness (QED) is 0.581. The molecule has 160 valence electrons. The maximum absolute atomic E-state index is 13.8. The molecular formula is C23H22FN3O3S. The topological polar surface area (TPSA) is 80.3 Å². The Morgan fingerprint density at radius 2 is 2.06 bits per heavy atom. The van der Waals surface area contributed by atoms with E-state index in [9.17, 15) is 14.0 Å². The van der Waals surface area contributed by atoms with Crippen LogP contribution in [-0.2, 0) is 24.2 Å². The van der Waals surface area contributed by atoms with Gasteiger partial charge in [-0.15, -0.1) is 11.3 Å². The van der Waals surface area contributed by atoms with Crippen LogP contribution in [0.2, 0.25) is 0 Å². The molecule has 0 bridgehead atoms. The van der Waals surface area contributed by atoms with Gasteiger partial charge in [0.15, 0.2) is 17.7 Å². The number of rotatable bonds is 7. The second kappa shape index (κ2) is 9.26. The number of carbonyl (C=O) groups is 2. The van der Waals surface area contributed by atoms with E-state index in [-0.39, 0.29) is 11.7 Å². The van der Waals surface area contributed by atoms with Crippen LogP contribution in [0.4, 0.5) is 9.39 Å². The van der Waals surface area contributed by atoms with Gasteiger partial charge in [-0.2, -0.15) is 0 Å². The Morgan fingerprint density at radius 1 is 1.23 bits per heavy atom. The van der Waals surface area contributed by atoms with E-state index in [1.54, 1.807) is 31.5 Å². The molecule has 6 nitrogen and oxygen atoms in total. The van der Waals surface area contributed by atoms with Crippen molar-refractivity contribution in [3.63, 3.8) is 0 Å². The molecule has 2 heterocycles. The molecule has 31 heavy (non-hydrogen) atoms. The molecular weight excluding hydrogens is 417 g/mol. The molecule has 0 saturated heterocycles. The molecule has 0 aliphatic heterocycles. The van der Waals surface area contributed by atoms with Crippen LogP contribution in [0, 0.1) is 5.82 Å². The van der Waals surface area contributed by atoms with Gasteiger partial charge in [-0.25, -0.2) is 4.39 Å². The molecule has 8 heteroatoms. The third-order valence-electron chi connectivity index (χ3n) is 5.07. The SMILES string of the molecule is C[C@H](Oc1ccccc1F)C(=O)Nc1sc2c(c1C(=O)NCc1cccnc1)CCC2. The van der Waals surface area contributed by atoms with Gasteiger partial charge in [-0.1, -0.05) is 18.2 Å². The zero-order valence-corrected chi connectivity index (χ0v) is 17.8. The fourth-order valence-corrected chi connectivity index (χ4v) is 4.79. The number of para-hydroxylation sites is 1. The number of carbonyl (C=O) groups excluding carboxylic acids is 2. The molecule has 0 fully saturated rings. The van der Waals surface area contributed by atoms with E-state index in [1.165, 1.54) is 23.5 Å². The number of aryl methyl sites for hydroxylation is 1. The number of nitrogens with one attached hydrogen (secondary N) is 2. The van der Waals surface area contributed by atoms with Crippen molar-refractivity contribution in [2.24, 2.45) is 0 Å². The Labute approximate surface area is 183 Å². The highest BCUT2D eigenvalue weighted by Crippen LogP contribution is 2.39. The standard InChI is InChI=1S/C23H22FN3O3S/c1-14(30-18-9-3-2-8-17(18)24)21(28)27-23-20(16-7-4-10-19(16)31-23)22(29)26-13-15-6-5-11-25-12-15/h2-3,5-6,8-9,11-12,14H,4,7,10,13H2,1H3,(H,26,29)(H,27,28)/t14-/m0/s1. The molecule has 4 rings (SSSR count). The maximum Gasteiger partial charge on any atom is 0.265 e. The normalized spacial score (nSPS) is 13.4. The van der Waals surface area contributed by atoms with Crippen molar-refractivity contribution in [1.29, 1.82) is 0 Å². The summed E-state index contributed by atoms with van der Waals surface area (Å²) in [6.45, 7) is 1.89.